The number of aryl methyl sites for hydroxylation is 3. The number of carbonyl (C=O) groups is 2. The van der Waals surface area contributed by atoms with Crippen molar-refractivity contribution in [1.29, 1.82) is 0 Å². The number of hydrogen-bond acceptors (Lipinski definition) is 22. The number of halogens is 3. The summed E-state index contributed by atoms with van der Waals surface area (Å²) in [6.07, 6.45) is 26.3. The molecule has 4 fully saturated rings. The standard InChI is InChI=1S/C30H35ClN6O5S.C28H33ClN6O4S.C25H29ClN6O4S2.3CH4/c1-35-19-32-18-26(35)28(34-43(2,39)40)25-16-20-4-3-9-33-27(20)29(23-6-5-21(31)17-24(23)25)36-10-12-37(13-11-36)30(38)42-22-7-14-41-15-8-22;1-18(2)39-28(36)35-12-10-34(11-13-35)27-21-8-7-20(29)15-22(21)23(14-19-6-5-9-31-25(19)27)26(32-40(4,37)38)24-16-30-17-33(24)3;1-30-16-27-15-22(30)24(29-37(2,33)34)21-13-17-5-4-8-28-23(17)25(19-7-6-18(26)14-20(19)21)31-9-11-32(12-10-31)38(3,35)36;;;/h3-6,9,16-19,22,28-29,34H,7-8,10-15H2,1-2H3;5-9,14-18,26-27,32H,10-13H2,1-4H3;4-8,13-16,24-25,29H,9-12H2,1-3H3;3*1H4/t28?,29-;26?,27-;24?,25-;;;/m000.../s1. The van der Waals surface area contributed by atoms with E-state index in [-0.39, 0.29) is 64.8 Å². The molecule has 3 unspecified atom stereocenters. The first-order valence-electron chi connectivity index (χ1n) is 39.5. The van der Waals surface area contributed by atoms with Gasteiger partial charge in [0.1, 0.15) is 6.10 Å². The number of piperazine rings is 3. The average Bonchev–Trinajstić information content (AvgIpc) is 1.58. The number of carbonyl (C=O) groups excluding carboxylic acids is 2. The molecule has 4 aliphatic heterocycles. The fourth-order valence-electron chi connectivity index (χ4n) is 16.7. The molecule has 2 amide bonds. The van der Waals surface area contributed by atoms with Crippen molar-refractivity contribution in [2.75, 3.05) is 117 Å². The van der Waals surface area contributed by atoms with Crippen molar-refractivity contribution >= 4 is 122 Å². The smallest absolute Gasteiger partial charge is 0.410 e. The highest BCUT2D eigenvalue weighted by Crippen LogP contribution is 2.49. The summed E-state index contributed by atoms with van der Waals surface area (Å²) in [4.78, 5) is 63.0. The molecule has 0 spiro atoms. The SMILES string of the molecule is C.C.C.CC(C)OC(=O)N1CCN([C@H]2c3ccc(Cl)cc3C(C(NS(C)(=O)=O)c3cncn3C)=Cc3cccnc32)CC1.Cn1cncc1C(NS(C)(=O)=O)C1=Cc2cccnc2[C@@H](N2CCN(C(=O)OC3CCOCC3)CC2)c2ccc(Cl)cc21.Cn1cncc1C(NS(C)(=O)=O)C1=Cc2cccnc2[C@@H](N2CCN(S(C)(=O)=O)CC2)c2ccc(Cl)cc21. The first kappa shape index (κ1) is 95.5. The van der Waals surface area contributed by atoms with Crippen molar-refractivity contribution in [2.24, 2.45) is 21.1 Å². The van der Waals surface area contributed by atoms with E-state index in [1.807, 2.05) is 144 Å². The number of fused-ring (bicyclic) bond motifs is 6. The highest BCUT2D eigenvalue weighted by Gasteiger charge is 2.42. The van der Waals surface area contributed by atoms with Crippen LogP contribution in [-0.2, 0) is 75.4 Å². The third-order valence-electron chi connectivity index (χ3n) is 22.3. The number of pyridine rings is 3. The number of benzene rings is 3. The molecule has 16 rings (SSSR count). The Morgan fingerprint density at radius 2 is 0.766 bits per heavy atom. The Balaban J connectivity index is 0.000000179. The van der Waals surface area contributed by atoms with Gasteiger partial charge in [-0.3, -0.25) is 29.7 Å². The first-order chi connectivity index (χ1) is 57.6. The van der Waals surface area contributed by atoms with Crippen LogP contribution in [0, 0.1) is 0 Å². The first-order valence-corrected chi connectivity index (χ1v) is 48.1. The van der Waals surface area contributed by atoms with Gasteiger partial charge >= 0.3 is 12.2 Å². The molecule has 3 aliphatic carbocycles. The van der Waals surface area contributed by atoms with Crippen LogP contribution in [0.5, 0.6) is 0 Å². The quantitative estimate of drug-likeness (QED) is 0.0718. The molecule has 10 heterocycles. The molecule has 4 saturated heterocycles. The van der Waals surface area contributed by atoms with E-state index in [4.69, 9.17) is 64.0 Å². The van der Waals surface area contributed by atoms with Gasteiger partial charge in [0.2, 0.25) is 40.1 Å². The van der Waals surface area contributed by atoms with Crippen LogP contribution >= 0.6 is 34.8 Å². The molecule has 6 aromatic heterocycles. The number of hydrogen-bond donors (Lipinski definition) is 3. The molecule has 7 aliphatic rings. The van der Waals surface area contributed by atoms with Crippen molar-refractivity contribution in [2.45, 2.75) is 97.4 Å². The third kappa shape index (κ3) is 22.3. The van der Waals surface area contributed by atoms with E-state index in [2.05, 4.69) is 43.8 Å². The number of rotatable bonds is 18. The normalized spacial score (nSPS) is 19.1. The highest BCUT2D eigenvalue weighted by molar-refractivity contribution is 7.89. The van der Waals surface area contributed by atoms with E-state index < -0.39 is 58.2 Å². The number of aromatic nitrogens is 9. The maximum absolute atomic E-state index is 13.0. The molecule has 124 heavy (non-hydrogen) atoms. The zero-order chi connectivity index (χ0) is 86.0. The summed E-state index contributed by atoms with van der Waals surface area (Å²) in [7, 11) is -8.68. The molecule has 9 aromatic rings. The Morgan fingerprint density at radius 3 is 1.06 bits per heavy atom. The van der Waals surface area contributed by atoms with Crippen LogP contribution < -0.4 is 14.2 Å². The summed E-state index contributed by atoms with van der Waals surface area (Å²) in [6.45, 7) is 11.1. The van der Waals surface area contributed by atoms with Crippen molar-refractivity contribution in [3.63, 3.8) is 0 Å². The largest absolute Gasteiger partial charge is 0.447 e. The maximum atomic E-state index is 13.0. The summed E-state index contributed by atoms with van der Waals surface area (Å²) in [5, 5.41) is 1.58. The lowest BCUT2D eigenvalue weighted by Gasteiger charge is -2.40. The van der Waals surface area contributed by atoms with Gasteiger partial charge < -0.3 is 37.7 Å². The molecule has 38 heteroatoms. The summed E-state index contributed by atoms with van der Waals surface area (Å²) in [5.74, 6) is 0. The number of nitrogens with one attached hydrogen (secondary N) is 3. The van der Waals surface area contributed by atoms with Crippen LogP contribution in [0.1, 0.15) is 169 Å². The lowest BCUT2D eigenvalue weighted by Crippen LogP contribution is -2.51. The van der Waals surface area contributed by atoms with Gasteiger partial charge in [-0.2, -0.15) is 4.31 Å². The van der Waals surface area contributed by atoms with Crippen LogP contribution in [0.3, 0.4) is 0 Å². The fourth-order valence-corrected chi connectivity index (χ4v) is 20.1. The number of imidazole rings is 3. The van der Waals surface area contributed by atoms with E-state index in [0.717, 1.165) is 110 Å². The number of nitrogens with zero attached hydrogens (tertiary/aromatic N) is 15. The summed E-state index contributed by atoms with van der Waals surface area (Å²) in [5.41, 5.74) is 14.6. The number of amides is 2. The number of sulfonamides is 4. The summed E-state index contributed by atoms with van der Waals surface area (Å²) >= 11 is 19.7. The Morgan fingerprint density at radius 1 is 0.452 bits per heavy atom. The summed E-state index contributed by atoms with van der Waals surface area (Å²) in [6, 6.07) is 25.6. The minimum absolute atomic E-state index is 0. The molecular weight excluding hydrogens is 1730 g/mol. The monoisotopic (exact) mass is 1830 g/mol. The molecule has 0 bridgehead atoms. The van der Waals surface area contributed by atoms with Gasteiger partial charge in [0.15, 0.2) is 0 Å². The minimum Gasteiger partial charge on any atom is -0.447 e. The van der Waals surface area contributed by atoms with Crippen LogP contribution in [0.15, 0.2) is 147 Å². The van der Waals surface area contributed by atoms with E-state index >= 15 is 0 Å². The van der Waals surface area contributed by atoms with Crippen molar-refractivity contribution in [3.05, 3.63) is 246 Å². The molecular formula is C86H109Cl3N18O13S4. The maximum Gasteiger partial charge on any atom is 0.410 e. The molecule has 3 N–H and O–H groups in total. The molecule has 0 saturated carbocycles. The van der Waals surface area contributed by atoms with Crippen LogP contribution in [0.4, 0.5) is 9.59 Å². The summed E-state index contributed by atoms with van der Waals surface area (Å²) < 4.78 is 132. The topological polar surface area (TPSA) is 346 Å². The third-order valence-corrected chi connectivity index (χ3v) is 26.3. The number of ether oxygens (including phenoxy) is 3. The Labute approximate surface area is 742 Å². The molecule has 3 aromatic carbocycles. The van der Waals surface area contributed by atoms with Gasteiger partial charge in [-0.1, -0.05) is 93.5 Å². The van der Waals surface area contributed by atoms with E-state index in [1.165, 1.54) is 10.6 Å². The van der Waals surface area contributed by atoms with Crippen molar-refractivity contribution < 1.29 is 57.5 Å². The van der Waals surface area contributed by atoms with E-state index in [9.17, 15) is 43.3 Å². The highest BCUT2D eigenvalue weighted by atomic mass is 35.5. The second kappa shape index (κ2) is 40.2. The molecule has 0 radical (unpaired) electrons. The lowest BCUT2D eigenvalue weighted by atomic mass is 9.90. The van der Waals surface area contributed by atoms with Gasteiger partial charge in [0, 0.05) is 146 Å². The van der Waals surface area contributed by atoms with Crippen molar-refractivity contribution in [1.82, 2.24) is 86.6 Å². The lowest BCUT2D eigenvalue weighted by molar-refractivity contribution is -0.0155. The average molecular weight is 1840 g/mol. The predicted molar refractivity (Wildman–Crippen MR) is 484 cm³/mol. The van der Waals surface area contributed by atoms with Crippen LogP contribution in [0.2, 0.25) is 15.1 Å². The second-order valence-corrected chi connectivity index (χ2v) is 39.9. The Kier molecular flexibility index (Phi) is 31.0. The van der Waals surface area contributed by atoms with Crippen molar-refractivity contribution in [3.8, 4) is 0 Å². The Bertz CT molecular complexity index is 5920. The van der Waals surface area contributed by atoms with E-state index in [1.54, 1.807) is 79.7 Å². The fraction of sp³-hybridized carbons (Fsp3) is 0.419. The molecule has 31 nitrogen and oxygen atoms in total. The van der Waals surface area contributed by atoms with Gasteiger partial charge in [-0.05, 0) is 153 Å². The Hall–Kier alpha value is -9.15. The van der Waals surface area contributed by atoms with Gasteiger partial charge in [-0.25, -0.2) is 72.4 Å². The molecule has 6 atom stereocenters. The zero-order valence-electron chi connectivity index (χ0n) is 68.3. The zero-order valence-corrected chi connectivity index (χ0v) is 73.8. The van der Waals surface area contributed by atoms with Gasteiger partial charge in [0.05, 0.1) is 152 Å². The van der Waals surface area contributed by atoms with Gasteiger partial charge in [-0.15, -0.1) is 0 Å². The minimum atomic E-state index is -3.62. The predicted octanol–water partition coefficient (Wildman–Crippen LogP) is 11.7. The molecule has 666 valence electrons. The van der Waals surface area contributed by atoms with Gasteiger partial charge in [0.25, 0.3) is 0 Å². The van der Waals surface area contributed by atoms with E-state index in [0.29, 0.717) is 129 Å². The second-order valence-electron chi connectivity index (χ2n) is 31.3. The van der Waals surface area contributed by atoms with Crippen LogP contribution in [-0.4, -0.2) is 247 Å². The van der Waals surface area contributed by atoms with Crippen LogP contribution in [0.25, 0.3) is 34.9 Å².